The van der Waals surface area contributed by atoms with Crippen LogP contribution >= 0.6 is 0 Å². The van der Waals surface area contributed by atoms with Crippen molar-refractivity contribution >= 4 is 59.4 Å². The lowest BCUT2D eigenvalue weighted by atomic mass is 9.99. The molecular formula is C66H86N10O12. The number of benzene rings is 4. The Hall–Kier alpha value is -8.82. The third kappa shape index (κ3) is 20.7. The van der Waals surface area contributed by atoms with Gasteiger partial charge in [0, 0.05) is 39.0 Å². The summed E-state index contributed by atoms with van der Waals surface area (Å²) >= 11 is 0. The van der Waals surface area contributed by atoms with E-state index in [1.165, 1.54) is 9.80 Å². The van der Waals surface area contributed by atoms with Crippen molar-refractivity contribution in [1.29, 1.82) is 0 Å². The number of amides is 10. The van der Waals surface area contributed by atoms with Gasteiger partial charge in [-0.2, -0.15) is 0 Å². The molecule has 8 atom stereocenters. The molecule has 3 aliphatic rings. The molecule has 0 aliphatic carbocycles. The van der Waals surface area contributed by atoms with Gasteiger partial charge >= 0.3 is 12.2 Å². The van der Waals surface area contributed by atoms with Crippen LogP contribution in [0.4, 0.5) is 9.59 Å². The normalized spacial score (nSPS) is 22.7. The SMILES string of the molecule is CC(C)C[C@@H]1NC(=O)[C@H](CCCNC(=O)OCc2ccccc2)NC(=O)[C@@H]2CCCN2C(=O)[C@@H](Cc2ccccc2)NC(=O)[C@H](CC(C)C)NC(=O)[C@H](CCCNC(=O)OCc2ccccc2)NC(=O)[C@@H]2CCCN2C(=O)[C@@H](Cc2ccccc2)NC1=O. The average Bonchev–Trinajstić information content (AvgIpc) is 4.08. The van der Waals surface area contributed by atoms with Gasteiger partial charge in [0.2, 0.25) is 47.3 Å². The van der Waals surface area contributed by atoms with E-state index in [-0.39, 0.29) is 115 Å². The lowest BCUT2D eigenvalue weighted by molar-refractivity contribution is -0.143. The Morgan fingerprint density at radius 3 is 1.08 bits per heavy atom. The largest absolute Gasteiger partial charge is 0.445 e. The number of hydrogen-bond acceptors (Lipinski definition) is 12. The Morgan fingerprint density at radius 2 is 0.739 bits per heavy atom. The van der Waals surface area contributed by atoms with Crippen LogP contribution in [0.15, 0.2) is 121 Å². The highest BCUT2D eigenvalue weighted by atomic mass is 16.6. The molecule has 22 heteroatoms. The van der Waals surface area contributed by atoms with Crippen molar-refractivity contribution in [2.45, 2.75) is 166 Å². The molecule has 0 unspecified atom stereocenters. The van der Waals surface area contributed by atoms with Crippen molar-refractivity contribution in [3.05, 3.63) is 144 Å². The molecule has 3 aliphatic heterocycles. The highest BCUT2D eigenvalue weighted by molar-refractivity contribution is 5.99. The average molecular weight is 1210 g/mol. The van der Waals surface area contributed by atoms with Crippen molar-refractivity contribution in [2.24, 2.45) is 11.8 Å². The summed E-state index contributed by atoms with van der Waals surface area (Å²) in [6.45, 7) is 7.86. The van der Waals surface area contributed by atoms with Crippen LogP contribution < -0.4 is 42.5 Å². The molecule has 88 heavy (non-hydrogen) atoms. The summed E-state index contributed by atoms with van der Waals surface area (Å²) in [7, 11) is 0. The lowest BCUT2D eigenvalue weighted by Gasteiger charge is -2.32. The molecule has 10 amide bonds. The molecule has 4 aromatic rings. The molecule has 0 spiro atoms. The van der Waals surface area contributed by atoms with E-state index in [1.54, 1.807) is 48.5 Å². The zero-order valence-electron chi connectivity index (χ0n) is 50.8. The maximum absolute atomic E-state index is 15.1. The molecule has 7 rings (SSSR count). The highest BCUT2D eigenvalue weighted by Crippen LogP contribution is 2.24. The molecule has 3 saturated heterocycles. The van der Waals surface area contributed by atoms with Crippen LogP contribution in [-0.2, 0) is 73.9 Å². The number of fused-ring (bicyclic) bond motifs is 2. The molecule has 0 radical (unpaired) electrons. The van der Waals surface area contributed by atoms with Crippen LogP contribution in [0.25, 0.3) is 0 Å². The number of carbonyl (C=O) groups excluding carboxylic acids is 10. The van der Waals surface area contributed by atoms with E-state index in [4.69, 9.17) is 9.47 Å². The van der Waals surface area contributed by atoms with Gasteiger partial charge in [0.05, 0.1) is 0 Å². The third-order valence-electron chi connectivity index (χ3n) is 15.7. The molecule has 0 saturated carbocycles. The van der Waals surface area contributed by atoms with Crippen LogP contribution in [0.3, 0.4) is 0 Å². The number of alkyl carbamates (subject to hydrolysis) is 2. The monoisotopic (exact) mass is 1210 g/mol. The van der Waals surface area contributed by atoms with Crippen LogP contribution in [0.1, 0.15) is 114 Å². The topological polar surface area (TPSA) is 292 Å². The minimum atomic E-state index is -1.30. The minimum absolute atomic E-state index is 0.00595. The van der Waals surface area contributed by atoms with Crippen LogP contribution in [0.2, 0.25) is 0 Å². The molecule has 3 fully saturated rings. The van der Waals surface area contributed by atoms with Crippen molar-refractivity contribution in [2.75, 3.05) is 26.2 Å². The fourth-order valence-electron chi connectivity index (χ4n) is 11.2. The first-order valence-electron chi connectivity index (χ1n) is 30.8. The second-order valence-corrected chi connectivity index (χ2v) is 23.6. The maximum Gasteiger partial charge on any atom is 0.407 e. The Labute approximate surface area is 515 Å². The van der Waals surface area contributed by atoms with Crippen molar-refractivity contribution in [3.63, 3.8) is 0 Å². The number of ether oxygens (including phenoxy) is 2. The van der Waals surface area contributed by atoms with Gasteiger partial charge in [-0.05, 0) is 98.3 Å². The molecule has 8 N–H and O–H groups in total. The molecule has 22 nitrogen and oxygen atoms in total. The van der Waals surface area contributed by atoms with E-state index < -0.39 is 108 Å². The fourth-order valence-corrected chi connectivity index (χ4v) is 11.2. The van der Waals surface area contributed by atoms with E-state index in [1.807, 2.05) is 100 Å². The van der Waals surface area contributed by atoms with Crippen LogP contribution in [0.5, 0.6) is 0 Å². The van der Waals surface area contributed by atoms with Gasteiger partial charge in [0.1, 0.15) is 61.5 Å². The summed E-state index contributed by atoms with van der Waals surface area (Å²) in [6.07, 6.45) is 0.342. The minimum Gasteiger partial charge on any atom is -0.445 e. The third-order valence-corrected chi connectivity index (χ3v) is 15.7. The summed E-state index contributed by atoms with van der Waals surface area (Å²) in [4.78, 5) is 147. The quantitative estimate of drug-likeness (QED) is 0.0550. The summed E-state index contributed by atoms with van der Waals surface area (Å²) in [6, 6.07) is 26.5. The number of nitrogens with one attached hydrogen (secondary N) is 8. The van der Waals surface area contributed by atoms with Crippen molar-refractivity contribution in [3.8, 4) is 0 Å². The number of hydrogen-bond donors (Lipinski definition) is 8. The zero-order valence-corrected chi connectivity index (χ0v) is 50.8. The van der Waals surface area contributed by atoms with E-state index in [0.29, 0.717) is 24.0 Å². The predicted molar refractivity (Wildman–Crippen MR) is 328 cm³/mol. The molecular weight excluding hydrogens is 1120 g/mol. The summed E-state index contributed by atoms with van der Waals surface area (Å²) in [5, 5.41) is 22.7. The summed E-state index contributed by atoms with van der Waals surface area (Å²) in [5.41, 5.74) is 2.95. The standard InChI is InChI=1S/C66H86N10O12/c1-43(2)37-51-59(79)73-53(39-45-21-9-5-10-22-45)63(83)75-35-19-32-56(75)62(82)70-50(30-18-34-68-66(86)88-42-48-27-15-8-16-28-48)58(78)72-52(38-44(3)4)60(80)74-54(40-46-23-11-6-12-24-46)64(84)76-36-20-31-55(76)61(81)69-49(57(77)71-51)29-17-33-67-65(85)87-41-47-25-13-7-14-26-47/h5-16,21-28,43-44,49-56H,17-20,29-42H2,1-4H3,(H,67,85)(H,68,86)(H,69,81)(H,70,82)(H,71,77)(H,72,78)(H,73,79)(H,74,80)/t49-,50-,51-,52-,53+,54+,55-,56-/m0/s1. The second kappa shape index (κ2) is 33.9. The van der Waals surface area contributed by atoms with Gasteiger partial charge in [-0.15, -0.1) is 0 Å². The smallest absolute Gasteiger partial charge is 0.407 e. The van der Waals surface area contributed by atoms with Gasteiger partial charge in [-0.1, -0.05) is 149 Å². The van der Waals surface area contributed by atoms with E-state index >= 15 is 9.59 Å². The number of nitrogens with zero attached hydrogens (tertiary/aromatic N) is 2. The molecule has 4 aromatic carbocycles. The number of carbonyl (C=O) groups is 10. The fraction of sp³-hybridized carbons (Fsp3) is 0.485. The Kier molecular flexibility index (Phi) is 25.7. The van der Waals surface area contributed by atoms with Gasteiger partial charge in [-0.25, -0.2) is 9.59 Å². The van der Waals surface area contributed by atoms with E-state index in [2.05, 4.69) is 42.5 Å². The lowest BCUT2D eigenvalue weighted by Crippen LogP contribution is -2.61. The maximum atomic E-state index is 15.1. The van der Waals surface area contributed by atoms with Crippen LogP contribution in [-0.4, -0.2) is 144 Å². The Bertz CT molecular complexity index is 2780. The Morgan fingerprint density at radius 1 is 0.432 bits per heavy atom. The van der Waals surface area contributed by atoms with Gasteiger partial charge in [-0.3, -0.25) is 38.4 Å². The first-order valence-corrected chi connectivity index (χ1v) is 30.8. The van der Waals surface area contributed by atoms with Gasteiger partial charge in [0.25, 0.3) is 0 Å². The van der Waals surface area contributed by atoms with Gasteiger partial charge in [0.15, 0.2) is 0 Å². The first kappa shape index (κ1) is 66.7. The van der Waals surface area contributed by atoms with E-state index in [0.717, 1.165) is 11.1 Å². The molecule has 0 aromatic heterocycles. The predicted octanol–water partition coefficient (Wildman–Crippen LogP) is 4.88. The van der Waals surface area contributed by atoms with Crippen molar-refractivity contribution in [1.82, 2.24) is 52.3 Å². The molecule has 3 heterocycles. The first-order chi connectivity index (χ1) is 42.4. The number of rotatable bonds is 20. The second-order valence-electron chi connectivity index (χ2n) is 23.6. The Balaban J connectivity index is 1.21. The van der Waals surface area contributed by atoms with E-state index in [9.17, 15) is 38.4 Å². The van der Waals surface area contributed by atoms with Crippen LogP contribution in [0, 0.1) is 11.8 Å². The summed E-state index contributed by atoms with van der Waals surface area (Å²) in [5.74, 6) is -5.65. The summed E-state index contributed by atoms with van der Waals surface area (Å²) < 4.78 is 10.8. The molecule has 472 valence electrons. The molecule has 0 bridgehead atoms. The highest BCUT2D eigenvalue weighted by Gasteiger charge is 2.43. The van der Waals surface area contributed by atoms with Crippen molar-refractivity contribution < 1.29 is 57.4 Å². The van der Waals surface area contributed by atoms with Gasteiger partial charge < -0.3 is 61.8 Å². The zero-order chi connectivity index (χ0) is 63.0.